The average Bonchev–Trinajstić information content (AvgIpc) is 3.41. The Balaban J connectivity index is 1.52. The van der Waals surface area contributed by atoms with Crippen LogP contribution < -0.4 is 16.4 Å². The van der Waals surface area contributed by atoms with Crippen molar-refractivity contribution >= 4 is 5.91 Å². The second-order valence-electron chi connectivity index (χ2n) is 9.01. The second-order valence-corrected chi connectivity index (χ2v) is 9.01. The summed E-state index contributed by atoms with van der Waals surface area (Å²) in [7, 11) is 0. The first-order valence-corrected chi connectivity index (χ1v) is 12.1. The summed E-state index contributed by atoms with van der Waals surface area (Å²) in [5.74, 6) is 0.0221. The van der Waals surface area contributed by atoms with E-state index in [-0.39, 0.29) is 30.5 Å². The molecule has 0 spiro atoms. The Morgan fingerprint density at radius 2 is 1.85 bits per heavy atom. The molecular formula is C27H36N4O2. The third-order valence-corrected chi connectivity index (χ3v) is 6.98. The lowest BCUT2D eigenvalue weighted by atomic mass is 9.85. The molecule has 33 heavy (non-hydrogen) atoms. The number of nitrogens with two attached hydrogens (primary N) is 1. The fraction of sp³-hybridized carbons (Fsp3) is 0.444. The lowest BCUT2D eigenvalue weighted by Crippen LogP contribution is -2.39. The first-order valence-electron chi connectivity index (χ1n) is 12.1. The van der Waals surface area contributed by atoms with E-state index in [1.807, 2.05) is 42.2 Å². The largest absolute Gasteiger partial charge is 0.396 e. The smallest absolute Gasteiger partial charge is 0.230 e. The number of amides is 1. The molecule has 0 radical (unpaired) electrons. The highest BCUT2D eigenvalue weighted by Gasteiger charge is 2.41. The van der Waals surface area contributed by atoms with Crippen LogP contribution in [0.4, 0.5) is 0 Å². The first-order chi connectivity index (χ1) is 16.1. The maximum absolute atomic E-state index is 13.5. The summed E-state index contributed by atoms with van der Waals surface area (Å²) >= 11 is 0. The number of aliphatic hydroxyl groups is 1. The van der Waals surface area contributed by atoms with Crippen molar-refractivity contribution in [3.8, 4) is 0 Å². The number of rotatable bonds is 9. The molecule has 2 aliphatic rings. The molecule has 0 saturated heterocycles. The van der Waals surface area contributed by atoms with Crippen LogP contribution in [0.2, 0.25) is 0 Å². The Morgan fingerprint density at radius 3 is 2.48 bits per heavy atom. The predicted octanol–water partition coefficient (Wildman–Crippen LogP) is 2.98. The SMILES string of the molecule is CCNC(N)c1ccc(C2C3=C(CN(C(=O)C(CCO)c4ccccc4)C3)NC2CC)cc1. The molecule has 1 amide bonds. The highest BCUT2D eigenvalue weighted by Crippen LogP contribution is 2.41. The van der Waals surface area contributed by atoms with Gasteiger partial charge in [-0.25, -0.2) is 0 Å². The summed E-state index contributed by atoms with van der Waals surface area (Å²) in [6.07, 6.45) is 1.29. The normalized spacial score (nSPS) is 21.6. The van der Waals surface area contributed by atoms with Crippen LogP contribution in [0.5, 0.6) is 0 Å². The third-order valence-electron chi connectivity index (χ3n) is 6.98. The van der Waals surface area contributed by atoms with Crippen molar-refractivity contribution < 1.29 is 9.90 Å². The number of carbonyl (C=O) groups is 1. The lowest BCUT2D eigenvalue weighted by Gasteiger charge is -2.29. The number of benzene rings is 2. The number of nitrogens with one attached hydrogen (secondary N) is 2. The number of aliphatic hydroxyl groups excluding tert-OH is 1. The van der Waals surface area contributed by atoms with Crippen molar-refractivity contribution in [3.05, 3.63) is 82.6 Å². The summed E-state index contributed by atoms with van der Waals surface area (Å²) in [5, 5.41) is 16.6. The standard InChI is InChI=1S/C27H36N4O2/c1-3-23-25(19-10-12-20(13-11-19)26(28)29-4-2)22-16-31(17-24(22)30-23)27(33)21(14-15-32)18-8-6-5-7-9-18/h5-13,21,23,25-26,29-30,32H,3-4,14-17,28H2,1-2H3. The summed E-state index contributed by atoms with van der Waals surface area (Å²) in [5.41, 5.74) is 12.0. The Hall–Kier alpha value is -2.67. The fourth-order valence-electron chi connectivity index (χ4n) is 5.27. The monoisotopic (exact) mass is 448 g/mol. The molecule has 5 N–H and O–H groups in total. The number of hydrogen-bond donors (Lipinski definition) is 4. The highest BCUT2D eigenvalue weighted by atomic mass is 16.3. The molecule has 2 aromatic carbocycles. The molecule has 0 bridgehead atoms. The molecule has 0 aliphatic carbocycles. The zero-order chi connectivity index (χ0) is 23.4. The van der Waals surface area contributed by atoms with Gasteiger partial charge in [0.15, 0.2) is 0 Å². The van der Waals surface area contributed by atoms with Crippen LogP contribution >= 0.6 is 0 Å². The van der Waals surface area contributed by atoms with Gasteiger partial charge in [0, 0.05) is 30.8 Å². The van der Waals surface area contributed by atoms with Gasteiger partial charge in [0.2, 0.25) is 5.91 Å². The van der Waals surface area contributed by atoms with Crippen molar-refractivity contribution in [2.75, 3.05) is 26.2 Å². The van der Waals surface area contributed by atoms with Crippen LogP contribution in [-0.2, 0) is 4.79 Å². The molecule has 2 heterocycles. The van der Waals surface area contributed by atoms with E-state index >= 15 is 0 Å². The van der Waals surface area contributed by atoms with E-state index in [0.717, 1.165) is 24.1 Å². The maximum Gasteiger partial charge on any atom is 0.230 e. The summed E-state index contributed by atoms with van der Waals surface area (Å²) in [4.78, 5) is 15.4. The quantitative estimate of drug-likeness (QED) is 0.443. The molecule has 6 heteroatoms. The average molecular weight is 449 g/mol. The van der Waals surface area contributed by atoms with Crippen molar-refractivity contribution in [2.24, 2.45) is 5.73 Å². The van der Waals surface area contributed by atoms with E-state index in [2.05, 4.69) is 41.8 Å². The third kappa shape index (κ3) is 4.83. The van der Waals surface area contributed by atoms with Gasteiger partial charge in [-0.2, -0.15) is 0 Å². The molecule has 176 valence electrons. The number of nitrogens with zero attached hydrogens (tertiary/aromatic N) is 1. The second kappa shape index (κ2) is 10.5. The molecule has 4 rings (SSSR count). The van der Waals surface area contributed by atoms with E-state index in [9.17, 15) is 9.90 Å². The van der Waals surface area contributed by atoms with E-state index < -0.39 is 0 Å². The molecule has 4 unspecified atom stereocenters. The molecule has 2 aliphatic heterocycles. The van der Waals surface area contributed by atoms with E-state index in [4.69, 9.17) is 5.73 Å². The number of carbonyl (C=O) groups excluding carboxylic acids is 1. The van der Waals surface area contributed by atoms with Crippen LogP contribution in [0.25, 0.3) is 0 Å². The molecule has 0 fully saturated rings. The van der Waals surface area contributed by atoms with E-state index in [1.165, 1.54) is 16.8 Å². The zero-order valence-corrected chi connectivity index (χ0v) is 19.6. The minimum atomic E-state index is -0.316. The Morgan fingerprint density at radius 1 is 1.12 bits per heavy atom. The molecule has 2 aromatic rings. The van der Waals surface area contributed by atoms with Gasteiger partial charge in [-0.15, -0.1) is 0 Å². The van der Waals surface area contributed by atoms with Gasteiger partial charge in [-0.1, -0.05) is 68.4 Å². The van der Waals surface area contributed by atoms with E-state index in [0.29, 0.717) is 25.6 Å². The Labute approximate surface area is 196 Å². The summed E-state index contributed by atoms with van der Waals surface area (Å²) in [6.45, 7) is 6.32. The Kier molecular flexibility index (Phi) is 7.48. The van der Waals surface area contributed by atoms with Crippen molar-refractivity contribution in [3.63, 3.8) is 0 Å². The Bertz CT molecular complexity index is 973. The predicted molar refractivity (Wildman–Crippen MR) is 131 cm³/mol. The zero-order valence-electron chi connectivity index (χ0n) is 19.6. The lowest BCUT2D eigenvalue weighted by molar-refractivity contribution is -0.132. The summed E-state index contributed by atoms with van der Waals surface area (Å²) < 4.78 is 0. The fourth-order valence-corrected chi connectivity index (χ4v) is 5.27. The van der Waals surface area contributed by atoms with E-state index in [1.54, 1.807) is 0 Å². The highest BCUT2D eigenvalue weighted by molar-refractivity contribution is 5.85. The van der Waals surface area contributed by atoms with Gasteiger partial charge in [0.05, 0.1) is 18.6 Å². The van der Waals surface area contributed by atoms with Crippen LogP contribution in [-0.4, -0.2) is 48.2 Å². The molecule has 0 saturated carbocycles. The van der Waals surface area contributed by atoms with Crippen LogP contribution in [0.1, 0.15) is 61.4 Å². The van der Waals surface area contributed by atoms with Gasteiger partial charge >= 0.3 is 0 Å². The molecule has 0 aromatic heterocycles. The molecule has 4 atom stereocenters. The van der Waals surface area contributed by atoms with Crippen LogP contribution in [0.15, 0.2) is 65.9 Å². The van der Waals surface area contributed by atoms with Gasteiger partial charge < -0.3 is 21.1 Å². The van der Waals surface area contributed by atoms with Gasteiger partial charge in [0.25, 0.3) is 0 Å². The number of hydrogen-bond acceptors (Lipinski definition) is 5. The minimum Gasteiger partial charge on any atom is -0.396 e. The molecule has 6 nitrogen and oxygen atoms in total. The topological polar surface area (TPSA) is 90.6 Å². The summed E-state index contributed by atoms with van der Waals surface area (Å²) in [6, 6.07) is 18.7. The first kappa shape index (κ1) is 23.5. The minimum absolute atomic E-state index is 0.00750. The van der Waals surface area contributed by atoms with Crippen LogP contribution in [0.3, 0.4) is 0 Å². The van der Waals surface area contributed by atoms with Crippen molar-refractivity contribution in [2.45, 2.75) is 50.7 Å². The van der Waals surface area contributed by atoms with Crippen molar-refractivity contribution in [1.29, 1.82) is 0 Å². The molecular weight excluding hydrogens is 412 g/mol. The van der Waals surface area contributed by atoms with Gasteiger partial charge in [-0.05, 0) is 41.6 Å². The van der Waals surface area contributed by atoms with Gasteiger partial charge in [0.1, 0.15) is 0 Å². The van der Waals surface area contributed by atoms with Crippen LogP contribution in [0, 0.1) is 0 Å². The van der Waals surface area contributed by atoms with Gasteiger partial charge in [-0.3, -0.25) is 10.1 Å². The maximum atomic E-state index is 13.5. The van der Waals surface area contributed by atoms with Crippen molar-refractivity contribution in [1.82, 2.24) is 15.5 Å².